The molecule has 0 amide bonds. The Hall–Kier alpha value is -2.91. The minimum Gasteiger partial charge on any atom is -0.507 e. The fraction of sp³-hybridized carbons (Fsp3) is 0. The Morgan fingerprint density at radius 3 is 2.09 bits per heavy atom. The fourth-order valence-corrected chi connectivity index (χ4v) is 3.09. The topological polar surface area (TPSA) is 149 Å². The van der Waals surface area contributed by atoms with Crippen molar-refractivity contribution in [3.63, 3.8) is 0 Å². The van der Waals surface area contributed by atoms with Crippen LogP contribution >= 0.6 is 0 Å². The number of aromatic hydroxyl groups is 3. The van der Waals surface area contributed by atoms with Gasteiger partial charge in [-0.2, -0.15) is 8.42 Å². The summed E-state index contributed by atoms with van der Waals surface area (Å²) in [5.41, 5.74) is -1.70. The summed E-state index contributed by atoms with van der Waals surface area (Å²) in [5.74, 6) is -4.72. The summed E-state index contributed by atoms with van der Waals surface area (Å²) in [6.45, 7) is 0. The molecule has 0 saturated heterocycles. The smallest absolute Gasteiger partial charge is 0.298 e. The highest BCUT2D eigenvalue weighted by molar-refractivity contribution is 7.86. The first-order valence-electron chi connectivity index (χ1n) is 6.12. The van der Waals surface area contributed by atoms with E-state index in [0.29, 0.717) is 6.07 Å². The fourth-order valence-electron chi connectivity index (χ4n) is 2.48. The van der Waals surface area contributed by atoms with Gasteiger partial charge in [-0.15, -0.1) is 0 Å². The van der Waals surface area contributed by atoms with Crippen molar-refractivity contribution in [3.8, 4) is 17.2 Å². The van der Waals surface area contributed by atoms with Gasteiger partial charge in [0.1, 0.15) is 10.6 Å². The predicted octanol–water partition coefficient (Wildman–Crippen LogP) is 0.825. The number of ketones is 2. The largest absolute Gasteiger partial charge is 0.507 e. The molecule has 0 aliphatic heterocycles. The van der Waals surface area contributed by atoms with Crippen LogP contribution in [0.5, 0.6) is 17.2 Å². The zero-order valence-electron chi connectivity index (χ0n) is 11.1. The van der Waals surface area contributed by atoms with E-state index in [2.05, 4.69) is 0 Å². The zero-order valence-corrected chi connectivity index (χ0v) is 12.0. The molecule has 1 aliphatic rings. The molecule has 0 saturated carbocycles. The van der Waals surface area contributed by atoms with Crippen LogP contribution in [-0.4, -0.2) is 39.9 Å². The molecule has 23 heavy (non-hydrogen) atoms. The average Bonchev–Trinajstić information content (AvgIpc) is 2.46. The Morgan fingerprint density at radius 1 is 0.826 bits per heavy atom. The normalized spacial score (nSPS) is 13.6. The molecule has 0 aromatic heterocycles. The van der Waals surface area contributed by atoms with Crippen LogP contribution in [0.2, 0.25) is 0 Å². The number of phenolic OH excluding ortho intramolecular Hbond substituents is 3. The monoisotopic (exact) mass is 336 g/mol. The maximum atomic E-state index is 12.4. The number of hydrogen-bond acceptors (Lipinski definition) is 7. The molecule has 2 aromatic carbocycles. The molecule has 0 fully saturated rings. The van der Waals surface area contributed by atoms with Crippen LogP contribution in [0.25, 0.3) is 0 Å². The summed E-state index contributed by atoms with van der Waals surface area (Å²) in [7, 11) is -4.94. The van der Waals surface area contributed by atoms with Crippen molar-refractivity contribution >= 4 is 21.7 Å². The first-order chi connectivity index (χ1) is 10.6. The number of carbonyl (C=O) groups excluding carboxylic acids is 2. The third-order valence-electron chi connectivity index (χ3n) is 3.50. The number of hydrogen-bond donors (Lipinski definition) is 4. The van der Waals surface area contributed by atoms with Crippen molar-refractivity contribution in [2.75, 3.05) is 0 Å². The molecule has 0 unspecified atom stereocenters. The average molecular weight is 336 g/mol. The van der Waals surface area contributed by atoms with E-state index in [0.717, 1.165) is 0 Å². The molecule has 0 heterocycles. The Labute approximate surface area is 129 Å². The molecule has 8 nitrogen and oxygen atoms in total. The van der Waals surface area contributed by atoms with E-state index in [4.69, 9.17) is 4.55 Å². The first kappa shape index (κ1) is 15.0. The highest BCUT2D eigenvalue weighted by Crippen LogP contribution is 2.43. The SMILES string of the molecule is O=C1c2cccc(O)c2C(=O)c2c1cc(S(=O)(=O)O)c(O)c2O. The summed E-state index contributed by atoms with van der Waals surface area (Å²) < 4.78 is 31.5. The van der Waals surface area contributed by atoms with Gasteiger partial charge < -0.3 is 15.3 Å². The lowest BCUT2D eigenvalue weighted by atomic mass is 9.83. The molecule has 0 spiro atoms. The van der Waals surface area contributed by atoms with Gasteiger partial charge in [-0.25, -0.2) is 0 Å². The third-order valence-corrected chi connectivity index (χ3v) is 4.37. The molecular formula is C14H8O8S. The van der Waals surface area contributed by atoms with Crippen LogP contribution in [0.4, 0.5) is 0 Å². The second kappa shape index (κ2) is 4.54. The molecule has 1 aliphatic carbocycles. The number of phenols is 3. The Balaban J connectivity index is 2.43. The summed E-state index contributed by atoms with van der Waals surface area (Å²) in [6, 6.07) is 4.33. The van der Waals surface area contributed by atoms with Gasteiger partial charge in [0.05, 0.1) is 11.1 Å². The second-order valence-electron chi connectivity index (χ2n) is 4.83. The summed E-state index contributed by atoms with van der Waals surface area (Å²) in [5, 5.41) is 29.4. The number of benzene rings is 2. The second-order valence-corrected chi connectivity index (χ2v) is 6.22. The Morgan fingerprint density at radius 2 is 1.48 bits per heavy atom. The van der Waals surface area contributed by atoms with Gasteiger partial charge in [0.15, 0.2) is 17.3 Å². The highest BCUT2D eigenvalue weighted by atomic mass is 32.2. The van der Waals surface area contributed by atoms with Crippen LogP contribution < -0.4 is 0 Å². The van der Waals surface area contributed by atoms with Gasteiger partial charge in [-0.1, -0.05) is 12.1 Å². The minimum atomic E-state index is -4.94. The van der Waals surface area contributed by atoms with Gasteiger partial charge in [0.2, 0.25) is 5.78 Å². The van der Waals surface area contributed by atoms with E-state index in [1.54, 1.807) is 0 Å². The summed E-state index contributed by atoms with van der Waals surface area (Å²) >= 11 is 0. The van der Waals surface area contributed by atoms with Crippen molar-refractivity contribution < 1.29 is 37.9 Å². The van der Waals surface area contributed by atoms with Gasteiger partial charge in [0.25, 0.3) is 10.1 Å². The Kier molecular flexibility index (Phi) is 2.96. The van der Waals surface area contributed by atoms with E-state index in [1.165, 1.54) is 18.2 Å². The van der Waals surface area contributed by atoms with Crippen molar-refractivity contribution in [2.45, 2.75) is 4.90 Å². The van der Waals surface area contributed by atoms with Crippen LogP contribution in [0.1, 0.15) is 31.8 Å². The van der Waals surface area contributed by atoms with Gasteiger partial charge in [-0.05, 0) is 12.1 Å². The molecule has 0 atom stereocenters. The van der Waals surface area contributed by atoms with Crippen molar-refractivity contribution in [1.82, 2.24) is 0 Å². The molecule has 118 valence electrons. The number of rotatable bonds is 1. The lowest BCUT2D eigenvalue weighted by molar-refractivity contribution is 0.0973. The molecular weight excluding hydrogens is 328 g/mol. The number of fused-ring (bicyclic) bond motifs is 2. The van der Waals surface area contributed by atoms with Crippen molar-refractivity contribution in [3.05, 3.63) is 46.5 Å². The molecule has 0 radical (unpaired) electrons. The molecule has 0 bridgehead atoms. The van der Waals surface area contributed by atoms with Crippen LogP contribution in [0, 0.1) is 0 Å². The molecule has 9 heteroatoms. The lowest BCUT2D eigenvalue weighted by Gasteiger charge is -2.20. The minimum absolute atomic E-state index is 0.186. The number of carbonyl (C=O) groups is 2. The van der Waals surface area contributed by atoms with E-state index in [-0.39, 0.29) is 11.1 Å². The van der Waals surface area contributed by atoms with Gasteiger partial charge >= 0.3 is 0 Å². The van der Waals surface area contributed by atoms with Gasteiger partial charge in [0, 0.05) is 11.1 Å². The summed E-state index contributed by atoms with van der Waals surface area (Å²) in [4.78, 5) is 23.7. The zero-order chi connectivity index (χ0) is 17.1. The maximum Gasteiger partial charge on any atom is 0.298 e. The van der Waals surface area contributed by atoms with Crippen LogP contribution in [0.3, 0.4) is 0 Å². The lowest BCUT2D eigenvalue weighted by Crippen LogP contribution is -2.22. The predicted molar refractivity (Wildman–Crippen MR) is 74.6 cm³/mol. The summed E-state index contributed by atoms with van der Waals surface area (Å²) in [6.07, 6.45) is 0. The quantitative estimate of drug-likeness (QED) is 0.377. The third kappa shape index (κ3) is 1.98. The molecule has 2 aromatic rings. The van der Waals surface area contributed by atoms with E-state index < -0.39 is 55.0 Å². The van der Waals surface area contributed by atoms with E-state index in [9.17, 15) is 33.3 Å². The molecule has 3 rings (SSSR count). The van der Waals surface area contributed by atoms with E-state index >= 15 is 0 Å². The maximum absolute atomic E-state index is 12.4. The first-order valence-corrected chi connectivity index (χ1v) is 7.56. The van der Waals surface area contributed by atoms with E-state index in [1.807, 2.05) is 0 Å². The van der Waals surface area contributed by atoms with Crippen molar-refractivity contribution in [2.24, 2.45) is 0 Å². The van der Waals surface area contributed by atoms with Crippen LogP contribution in [0.15, 0.2) is 29.2 Å². The molecule has 4 N–H and O–H groups in total. The Bertz CT molecular complexity index is 1000. The highest BCUT2D eigenvalue weighted by Gasteiger charge is 2.37. The standard InChI is InChI=1S/C14H8O8S/c15-7-3-1-2-5-9(7)13(18)10-6(11(5)16)4-8(23(20,21)22)12(17)14(10)19/h1-4,15,17,19H,(H,20,21,22). The van der Waals surface area contributed by atoms with Gasteiger partial charge in [-0.3, -0.25) is 14.1 Å². The van der Waals surface area contributed by atoms with Crippen molar-refractivity contribution in [1.29, 1.82) is 0 Å². The van der Waals surface area contributed by atoms with Crippen LogP contribution in [-0.2, 0) is 10.1 Å².